The molecule has 0 aliphatic heterocycles. The number of ether oxygens (including phenoxy) is 2. The van der Waals surface area contributed by atoms with Crippen LogP contribution in [0.15, 0.2) is 24.3 Å². The number of hydrogen-bond donors (Lipinski definition) is 0. The smallest absolute Gasteiger partial charge is 0.188 e. The van der Waals surface area contributed by atoms with Crippen molar-refractivity contribution < 1.29 is 13.9 Å². The molecule has 0 N–H and O–H groups in total. The summed E-state index contributed by atoms with van der Waals surface area (Å²) in [4.78, 5) is 0. The first-order chi connectivity index (χ1) is 7.27. The van der Waals surface area contributed by atoms with Crippen LogP contribution in [-0.4, -0.2) is 13.9 Å². The zero-order chi connectivity index (χ0) is 11.1. The lowest BCUT2D eigenvalue weighted by atomic mass is 10.2. The van der Waals surface area contributed by atoms with E-state index >= 15 is 0 Å². The Morgan fingerprint density at radius 2 is 2.33 bits per heavy atom. The summed E-state index contributed by atoms with van der Waals surface area (Å²) in [5.74, 6) is -0.349. The molecule has 0 atom stereocenters. The van der Waals surface area contributed by atoms with Crippen LogP contribution in [0.1, 0.15) is 5.56 Å². The molecule has 0 saturated heterocycles. The third-order valence-electron chi connectivity index (χ3n) is 1.64. The van der Waals surface area contributed by atoms with E-state index in [4.69, 9.17) is 10.00 Å². The molecule has 0 saturated carbocycles. The van der Waals surface area contributed by atoms with Gasteiger partial charge in [0.2, 0.25) is 0 Å². The molecular weight excluding hydrogens is 197 g/mol. The molecule has 0 aliphatic carbocycles. The van der Waals surface area contributed by atoms with Gasteiger partial charge in [0.15, 0.2) is 18.4 Å². The second-order valence-electron chi connectivity index (χ2n) is 2.70. The highest BCUT2D eigenvalue weighted by atomic mass is 19.1. The van der Waals surface area contributed by atoms with E-state index in [0.29, 0.717) is 5.56 Å². The van der Waals surface area contributed by atoms with Gasteiger partial charge in [0.05, 0.1) is 6.07 Å². The van der Waals surface area contributed by atoms with Crippen LogP contribution in [0.5, 0.6) is 5.75 Å². The van der Waals surface area contributed by atoms with Crippen molar-refractivity contribution in [2.75, 3.05) is 13.9 Å². The summed E-state index contributed by atoms with van der Waals surface area (Å²) in [7, 11) is 1.46. The molecule has 0 heterocycles. The molecule has 0 amide bonds. The van der Waals surface area contributed by atoms with Gasteiger partial charge in [-0.2, -0.15) is 5.26 Å². The standard InChI is InChI=1S/C11H10FNO2/c1-14-8-15-11-7-9(3-2-6-13)4-5-10(11)12/h2-5,7H,8H2,1H3/b3-2+. The predicted octanol–water partition coefficient (Wildman–Crippen LogP) is 2.35. The first-order valence-electron chi connectivity index (χ1n) is 4.25. The van der Waals surface area contributed by atoms with Crippen molar-refractivity contribution >= 4 is 6.08 Å². The predicted molar refractivity (Wildman–Crippen MR) is 53.6 cm³/mol. The molecule has 1 aromatic carbocycles. The quantitative estimate of drug-likeness (QED) is 0.562. The largest absolute Gasteiger partial charge is 0.464 e. The summed E-state index contributed by atoms with van der Waals surface area (Å²) in [5.41, 5.74) is 0.698. The summed E-state index contributed by atoms with van der Waals surface area (Å²) >= 11 is 0. The summed E-state index contributed by atoms with van der Waals surface area (Å²) in [6.07, 6.45) is 2.88. The van der Waals surface area contributed by atoms with Gasteiger partial charge in [0, 0.05) is 13.2 Å². The van der Waals surface area contributed by atoms with Crippen LogP contribution in [0.2, 0.25) is 0 Å². The number of methoxy groups -OCH3 is 1. The highest BCUT2D eigenvalue weighted by molar-refractivity contribution is 5.54. The van der Waals surface area contributed by atoms with E-state index in [1.54, 1.807) is 12.1 Å². The number of rotatable bonds is 4. The van der Waals surface area contributed by atoms with Gasteiger partial charge in [-0.15, -0.1) is 0 Å². The van der Waals surface area contributed by atoms with Crippen LogP contribution in [0, 0.1) is 17.1 Å². The normalized spacial score (nSPS) is 10.2. The molecule has 1 rings (SSSR count). The fraction of sp³-hybridized carbons (Fsp3) is 0.182. The molecule has 0 radical (unpaired) electrons. The van der Waals surface area contributed by atoms with Crippen LogP contribution in [-0.2, 0) is 4.74 Å². The number of nitrogens with zero attached hydrogens (tertiary/aromatic N) is 1. The van der Waals surface area contributed by atoms with Crippen LogP contribution >= 0.6 is 0 Å². The van der Waals surface area contributed by atoms with Crippen molar-refractivity contribution in [1.82, 2.24) is 0 Å². The summed E-state index contributed by atoms with van der Waals surface area (Å²) in [6.45, 7) is -0.0116. The monoisotopic (exact) mass is 207 g/mol. The summed E-state index contributed by atoms with van der Waals surface area (Å²) in [6, 6.07) is 6.19. The van der Waals surface area contributed by atoms with Crippen LogP contribution < -0.4 is 4.74 Å². The van der Waals surface area contributed by atoms with E-state index in [-0.39, 0.29) is 12.5 Å². The van der Waals surface area contributed by atoms with E-state index in [1.807, 2.05) is 6.07 Å². The Labute approximate surface area is 87.4 Å². The van der Waals surface area contributed by atoms with Crippen molar-refractivity contribution in [1.29, 1.82) is 5.26 Å². The molecule has 0 aromatic heterocycles. The first-order valence-corrected chi connectivity index (χ1v) is 4.25. The minimum Gasteiger partial charge on any atom is -0.464 e. The highest BCUT2D eigenvalue weighted by Crippen LogP contribution is 2.19. The first kappa shape index (κ1) is 11.2. The van der Waals surface area contributed by atoms with E-state index < -0.39 is 5.82 Å². The van der Waals surface area contributed by atoms with Crippen LogP contribution in [0.25, 0.3) is 6.08 Å². The van der Waals surface area contributed by atoms with Crippen LogP contribution in [0.3, 0.4) is 0 Å². The Morgan fingerprint density at radius 3 is 3.00 bits per heavy atom. The van der Waals surface area contributed by atoms with Gasteiger partial charge in [-0.3, -0.25) is 0 Å². The minimum absolute atomic E-state index is 0.0116. The molecule has 3 nitrogen and oxygen atoms in total. The number of halogens is 1. The van der Waals surface area contributed by atoms with Crippen molar-refractivity contribution in [2.24, 2.45) is 0 Å². The second kappa shape index (κ2) is 5.78. The fourth-order valence-electron chi connectivity index (χ4n) is 0.990. The fourth-order valence-corrected chi connectivity index (χ4v) is 0.990. The van der Waals surface area contributed by atoms with Crippen molar-refractivity contribution in [3.8, 4) is 11.8 Å². The third-order valence-corrected chi connectivity index (χ3v) is 1.64. The molecule has 0 fully saturated rings. The van der Waals surface area contributed by atoms with Gasteiger partial charge in [0.1, 0.15) is 0 Å². The highest BCUT2D eigenvalue weighted by Gasteiger charge is 2.02. The average molecular weight is 207 g/mol. The lowest BCUT2D eigenvalue weighted by Crippen LogP contribution is -2.00. The zero-order valence-corrected chi connectivity index (χ0v) is 8.24. The molecule has 1 aromatic rings. The molecular formula is C11H10FNO2. The van der Waals surface area contributed by atoms with E-state index in [9.17, 15) is 4.39 Å². The number of allylic oxidation sites excluding steroid dienone is 1. The zero-order valence-electron chi connectivity index (χ0n) is 8.24. The molecule has 4 heteroatoms. The van der Waals surface area contributed by atoms with Gasteiger partial charge in [-0.25, -0.2) is 4.39 Å². The Morgan fingerprint density at radius 1 is 1.53 bits per heavy atom. The topological polar surface area (TPSA) is 42.2 Å². The number of hydrogen-bond acceptors (Lipinski definition) is 3. The number of nitriles is 1. The van der Waals surface area contributed by atoms with Gasteiger partial charge in [0.25, 0.3) is 0 Å². The Kier molecular flexibility index (Phi) is 4.32. The Bertz CT molecular complexity index is 396. The van der Waals surface area contributed by atoms with Gasteiger partial charge >= 0.3 is 0 Å². The van der Waals surface area contributed by atoms with Crippen molar-refractivity contribution in [3.63, 3.8) is 0 Å². The van der Waals surface area contributed by atoms with Gasteiger partial charge in [-0.05, 0) is 23.8 Å². The lowest BCUT2D eigenvalue weighted by molar-refractivity contribution is 0.0483. The molecule has 0 spiro atoms. The average Bonchev–Trinajstić information content (AvgIpc) is 2.26. The molecule has 15 heavy (non-hydrogen) atoms. The maximum absolute atomic E-state index is 13.1. The third kappa shape index (κ3) is 3.41. The molecule has 0 unspecified atom stereocenters. The molecule has 0 bridgehead atoms. The van der Waals surface area contributed by atoms with E-state index in [0.717, 1.165) is 0 Å². The Balaban J connectivity index is 2.85. The van der Waals surface area contributed by atoms with E-state index in [1.165, 1.54) is 25.3 Å². The maximum atomic E-state index is 13.1. The minimum atomic E-state index is -0.457. The van der Waals surface area contributed by atoms with Gasteiger partial charge < -0.3 is 9.47 Å². The Hall–Kier alpha value is -1.86. The summed E-state index contributed by atoms with van der Waals surface area (Å²) in [5, 5.41) is 8.33. The summed E-state index contributed by atoms with van der Waals surface area (Å²) < 4.78 is 22.8. The SMILES string of the molecule is COCOc1cc(/C=C/C#N)ccc1F. The van der Waals surface area contributed by atoms with E-state index in [2.05, 4.69) is 4.74 Å². The molecule has 0 aliphatic rings. The molecule has 78 valence electrons. The van der Waals surface area contributed by atoms with Crippen LogP contribution in [0.4, 0.5) is 4.39 Å². The van der Waals surface area contributed by atoms with Crippen molar-refractivity contribution in [2.45, 2.75) is 0 Å². The lowest BCUT2D eigenvalue weighted by Gasteiger charge is -2.06. The number of benzene rings is 1. The second-order valence-corrected chi connectivity index (χ2v) is 2.70. The maximum Gasteiger partial charge on any atom is 0.188 e. The van der Waals surface area contributed by atoms with Crippen molar-refractivity contribution in [3.05, 3.63) is 35.7 Å². The van der Waals surface area contributed by atoms with Gasteiger partial charge in [-0.1, -0.05) is 6.07 Å².